The number of carbonyl (C=O) groups excluding carboxylic acids is 3. The summed E-state index contributed by atoms with van der Waals surface area (Å²) in [5.74, 6) is 0.706. The summed E-state index contributed by atoms with van der Waals surface area (Å²) in [5, 5.41) is 2.37. The average molecular weight is 559 g/mol. The zero-order valence-corrected chi connectivity index (χ0v) is 23.9. The summed E-state index contributed by atoms with van der Waals surface area (Å²) < 4.78 is 11.0. The van der Waals surface area contributed by atoms with Crippen molar-refractivity contribution in [2.45, 2.75) is 69.5 Å². The Kier molecular flexibility index (Phi) is 8.60. The van der Waals surface area contributed by atoms with E-state index in [1.807, 2.05) is 30.3 Å². The van der Waals surface area contributed by atoms with Gasteiger partial charge in [0.25, 0.3) is 11.4 Å². The van der Waals surface area contributed by atoms with E-state index in [9.17, 15) is 14.4 Å². The lowest BCUT2D eigenvalue weighted by atomic mass is 9.81. The first kappa shape index (κ1) is 28.6. The molecule has 1 unspecified atom stereocenters. The fourth-order valence-electron chi connectivity index (χ4n) is 6.48. The van der Waals surface area contributed by atoms with Crippen molar-refractivity contribution in [2.75, 3.05) is 33.9 Å². The van der Waals surface area contributed by atoms with Crippen LogP contribution in [-0.4, -0.2) is 67.4 Å². The van der Waals surface area contributed by atoms with Crippen molar-refractivity contribution in [3.63, 3.8) is 0 Å². The van der Waals surface area contributed by atoms with Crippen molar-refractivity contribution < 1.29 is 23.9 Å². The first-order valence-electron chi connectivity index (χ1n) is 14.5. The Hall–Kier alpha value is -3.90. The highest BCUT2D eigenvalue weighted by Gasteiger charge is 2.45. The molecule has 0 saturated carbocycles. The quantitative estimate of drug-likeness (QED) is 0.268. The van der Waals surface area contributed by atoms with Crippen LogP contribution in [0.3, 0.4) is 0 Å². The maximum Gasteiger partial charge on any atom is 0.263 e. The molecule has 41 heavy (non-hydrogen) atoms. The summed E-state index contributed by atoms with van der Waals surface area (Å²) in [6.45, 7) is 11.2. The largest absolute Gasteiger partial charge is 0.497 e. The van der Waals surface area contributed by atoms with Crippen LogP contribution in [0.5, 0.6) is 11.5 Å². The molecule has 216 valence electrons. The van der Waals surface area contributed by atoms with E-state index in [0.29, 0.717) is 18.5 Å². The third-order valence-electron chi connectivity index (χ3n) is 8.90. The van der Waals surface area contributed by atoms with Crippen molar-refractivity contribution in [3.8, 4) is 11.5 Å². The summed E-state index contributed by atoms with van der Waals surface area (Å²) in [4.78, 5) is 45.2. The highest BCUT2D eigenvalue weighted by atomic mass is 16.5. The molecule has 2 fully saturated rings. The van der Waals surface area contributed by atoms with Crippen molar-refractivity contribution in [2.24, 2.45) is 0 Å². The fraction of sp³-hybridized carbons (Fsp3) is 0.500. The predicted molar refractivity (Wildman–Crippen MR) is 154 cm³/mol. The second-order valence-electron chi connectivity index (χ2n) is 11.2. The van der Waals surface area contributed by atoms with Gasteiger partial charge in [-0.1, -0.05) is 18.6 Å². The van der Waals surface area contributed by atoms with E-state index >= 15 is 0 Å². The number of methoxy groups -OCH3 is 2. The monoisotopic (exact) mass is 558 g/mol. The van der Waals surface area contributed by atoms with E-state index in [4.69, 9.17) is 16.0 Å². The van der Waals surface area contributed by atoms with Gasteiger partial charge in [0.05, 0.1) is 19.8 Å². The number of nitrogens with zero attached hydrogens (tertiary/aromatic N) is 3. The minimum Gasteiger partial charge on any atom is -0.497 e. The molecular weight excluding hydrogens is 520 g/mol. The fourth-order valence-corrected chi connectivity index (χ4v) is 6.48. The predicted octanol–water partition coefficient (Wildman–Crippen LogP) is 4.09. The molecule has 1 N–H and O–H groups in total. The maximum absolute atomic E-state index is 13.1. The minimum absolute atomic E-state index is 0.122. The number of imide groups is 1. The van der Waals surface area contributed by atoms with E-state index in [1.54, 1.807) is 19.1 Å². The lowest BCUT2D eigenvalue weighted by molar-refractivity contribution is -0.136. The van der Waals surface area contributed by atoms with Gasteiger partial charge in [-0.2, -0.15) is 0 Å². The third-order valence-corrected chi connectivity index (χ3v) is 8.90. The van der Waals surface area contributed by atoms with Crippen molar-refractivity contribution >= 4 is 17.7 Å². The smallest absolute Gasteiger partial charge is 0.263 e. The molecule has 0 aliphatic carbocycles. The number of hydrogen-bond acceptors (Lipinski definition) is 6. The lowest BCUT2D eigenvalue weighted by Crippen LogP contribution is -2.52. The van der Waals surface area contributed by atoms with Crippen LogP contribution in [0.15, 0.2) is 36.4 Å². The molecule has 9 nitrogen and oxygen atoms in total. The van der Waals surface area contributed by atoms with Crippen LogP contribution in [0.1, 0.15) is 72.0 Å². The number of amides is 3. The normalized spacial score (nSPS) is 20.4. The first-order chi connectivity index (χ1) is 19.9. The summed E-state index contributed by atoms with van der Waals surface area (Å²) in [6.07, 6.45) is 6.20. The van der Waals surface area contributed by atoms with Gasteiger partial charge in [0, 0.05) is 44.5 Å². The molecule has 0 spiro atoms. The molecule has 2 aromatic rings. The number of nitrogens with one attached hydrogen (secondary N) is 1. The van der Waals surface area contributed by atoms with Gasteiger partial charge in [0.2, 0.25) is 11.8 Å². The number of carbonyl (C=O) groups is 3. The second-order valence-corrected chi connectivity index (χ2v) is 11.2. The highest BCUT2D eigenvalue weighted by Crippen LogP contribution is 2.43. The number of benzene rings is 2. The molecule has 3 amide bonds. The first-order valence-corrected chi connectivity index (χ1v) is 14.5. The van der Waals surface area contributed by atoms with Crippen LogP contribution in [0.25, 0.3) is 4.85 Å². The average Bonchev–Trinajstić information content (AvgIpc) is 3.33. The van der Waals surface area contributed by atoms with Gasteiger partial charge in [-0.3, -0.25) is 19.7 Å². The number of likely N-dealkylation sites (tertiary alicyclic amines) is 1. The van der Waals surface area contributed by atoms with Gasteiger partial charge in [-0.25, -0.2) is 6.57 Å². The van der Waals surface area contributed by atoms with Gasteiger partial charge in [-0.05, 0) is 67.6 Å². The molecule has 0 radical (unpaired) electrons. The van der Waals surface area contributed by atoms with Gasteiger partial charge in [0.1, 0.15) is 17.5 Å². The van der Waals surface area contributed by atoms with Gasteiger partial charge in [0.15, 0.2) is 0 Å². The highest BCUT2D eigenvalue weighted by molar-refractivity contribution is 6.05. The minimum atomic E-state index is -0.594. The summed E-state index contributed by atoms with van der Waals surface area (Å²) in [6, 6.07) is 11.0. The van der Waals surface area contributed by atoms with Gasteiger partial charge in [-0.15, -0.1) is 0 Å². The molecule has 0 bridgehead atoms. The molecule has 2 saturated heterocycles. The zero-order chi connectivity index (χ0) is 29.0. The van der Waals surface area contributed by atoms with E-state index in [-0.39, 0.29) is 24.1 Å². The molecular formula is C32H38N4O5. The summed E-state index contributed by atoms with van der Waals surface area (Å²) >= 11 is 0. The molecule has 0 aromatic heterocycles. The molecule has 9 heteroatoms. The van der Waals surface area contributed by atoms with Crippen LogP contribution in [0.4, 0.5) is 0 Å². The maximum atomic E-state index is 13.1. The SMILES string of the molecule is [C-]#[N+]C1(c2cc(OC)ccc2OC)CCN(CCCCCc2cccc3c2CN(C2CCC(=O)NC2=O)C3=O)CC1. The standard InChI is InChI=1S/C32H38N4O5/c1-33-32(26-20-23(40-2)11-13-28(26)41-3)15-18-35(19-16-32)17-6-4-5-8-22-9-7-10-24-25(22)21-36(31(24)39)27-12-14-29(37)34-30(27)38/h7,9-11,13,20,27H,4-6,8,12,14-19,21H2,2-3H3,(H,34,37,38). The van der Waals surface area contributed by atoms with Gasteiger partial charge >= 0.3 is 0 Å². The van der Waals surface area contributed by atoms with Crippen LogP contribution < -0.4 is 14.8 Å². The summed E-state index contributed by atoms with van der Waals surface area (Å²) in [5.41, 5.74) is 3.18. The number of piperidine rings is 2. The Bertz CT molecular complexity index is 1360. The van der Waals surface area contributed by atoms with Crippen LogP contribution >= 0.6 is 0 Å². The van der Waals surface area contributed by atoms with Crippen molar-refractivity contribution in [3.05, 3.63) is 70.1 Å². The second kappa shape index (κ2) is 12.3. The number of aryl methyl sites for hydroxylation is 1. The van der Waals surface area contributed by atoms with E-state index in [0.717, 1.165) is 86.3 Å². The Morgan fingerprint density at radius 2 is 1.85 bits per heavy atom. The molecule has 5 rings (SSSR count). The van der Waals surface area contributed by atoms with Gasteiger partial charge < -0.3 is 24.1 Å². The number of unbranched alkanes of at least 4 members (excludes halogenated alkanes) is 2. The van der Waals surface area contributed by atoms with Crippen molar-refractivity contribution in [1.29, 1.82) is 0 Å². The van der Waals surface area contributed by atoms with Crippen LogP contribution in [-0.2, 0) is 28.1 Å². The molecule has 1 atom stereocenters. The van der Waals surface area contributed by atoms with Crippen molar-refractivity contribution in [1.82, 2.24) is 15.1 Å². The number of rotatable bonds is 10. The summed E-state index contributed by atoms with van der Waals surface area (Å²) in [7, 11) is 3.29. The molecule has 2 aromatic carbocycles. The van der Waals surface area contributed by atoms with E-state index in [2.05, 4.69) is 21.1 Å². The number of fused-ring (bicyclic) bond motifs is 1. The third kappa shape index (κ3) is 5.80. The Morgan fingerprint density at radius 3 is 2.56 bits per heavy atom. The Labute approximate surface area is 241 Å². The number of hydrogen-bond donors (Lipinski definition) is 1. The molecule has 3 aliphatic heterocycles. The Balaban J connectivity index is 1.11. The van der Waals surface area contributed by atoms with E-state index < -0.39 is 11.6 Å². The number of ether oxygens (including phenoxy) is 2. The molecule has 3 heterocycles. The topological polar surface area (TPSA) is 92.5 Å². The lowest BCUT2D eigenvalue weighted by Gasteiger charge is -2.34. The van der Waals surface area contributed by atoms with E-state index in [1.165, 1.54) is 0 Å². The van der Waals surface area contributed by atoms with Crippen LogP contribution in [0, 0.1) is 6.57 Å². The molecule has 3 aliphatic rings. The zero-order valence-electron chi connectivity index (χ0n) is 23.9. The Morgan fingerprint density at radius 1 is 1.05 bits per heavy atom. The van der Waals surface area contributed by atoms with Crippen LogP contribution in [0.2, 0.25) is 0 Å².